The van der Waals surface area contributed by atoms with Crippen LogP contribution in [0.5, 0.6) is 0 Å². The highest BCUT2D eigenvalue weighted by atomic mass is 32.2. The zero-order chi connectivity index (χ0) is 12.9. The molecule has 4 heteroatoms. The molecule has 1 aromatic rings. The van der Waals surface area contributed by atoms with Crippen molar-refractivity contribution < 1.29 is 15.0 Å². The molecule has 0 aliphatic carbocycles. The van der Waals surface area contributed by atoms with Crippen LogP contribution in [0.25, 0.3) is 0 Å². The van der Waals surface area contributed by atoms with E-state index in [9.17, 15) is 9.90 Å². The number of aliphatic hydroxyl groups is 2. The second-order valence-electron chi connectivity index (χ2n) is 4.39. The van der Waals surface area contributed by atoms with Crippen LogP contribution in [0.3, 0.4) is 0 Å². The van der Waals surface area contributed by atoms with Crippen LogP contribution in [-0.2, 0) is 4.79 Å². The van der Waals surface area contributed by atoms with Gasteiger partial charge in [0.1, 0.15) is 0 Å². The maximum Gasteiger partial charge on any atom is 0.151 e. The van der Waals surface area contributed by atoms with Crippen molar-refractivity contribution in [3.8, 4) is 0 Å². The third kappa shape index (κ3) is 4.50. The molecule has 2 N–H and O–H groups in total. The topological polar surface area (TPSA) is 57.5 Å². The number of ketones is 1. The Morgan fingerprint density at radius 2 is 1.94 bits per heavy atom. The van der Waals surface area contributed by atoms with E-state index in [0.29, 0.717) is 0 Å². The van der Waals surface area contributed by atoms with Crippen molar-refractivity contribution in [1.82, 2.24) is 0 Å². The number of carbonyl (C=O) groups is 1. The summed E-state index contributed by atoms with van der Waals surface area (Å²) >= 11 is 1.46. The second kappa shape index (κ2) is 6.19. The summed E-state index contributed by atoms with van der Waals surface area (Å²) < 4.78 is -0.600. The fourth-order valence-corrected chi connectivity index (χ4v) is 2.44. The van der Waals surface area contributed by atoms with Gasteiger partial charge in [0, 0.05) is 11.3 Å². The predicted molar refractivity (Wildman–Crippen MR) is 69.1 cm³/mol. The molecule has 0 radical (unpaired) electrons. The molecule has 1 aromatic carbocycles. The molecule has 0 saturated heterocycles. The van der Waals surface area contributed by atoms with E-state index in [-0.39, 0.29) is 18.8 Å². The van der Waals surface area contributed by atoms with Gasteiger partial charge in [-0.25, -0.2) is 0 Å². The minimum Gasteiger partial charge on any atom is -0.394 e. The summed E-state index contributed by atoms with van der Waals surface area (Å²) in [7, 11) is 0. The normalized spacial score (nSPS) is 13.4. The molecule has 0 amide bonds. The van der Waals surface area contributed by atoms with Crippen molar-refractivity contribution >= 4 is 17.5 Å². The lowest BCUT2D eigenvalue weighted by atomic mass is 10.0. The van der Waals surface area contributed by atoms with Gasteiger partial charge in [-0.1, -0.05) is 18.2 Å². The van der Waals surface area contributed by atoms with Gasteiger partial charge < -0.3 is 10.2 Å². The molecular weight excluding hydrogens is 236 g/mol. The number of thioether (sulfide) groups is 1. The summed E-state index contributed by atoms with van der Waals surface area (Å²) in [6.07, 6.45) is -0.971. The third-order valence-electron chi connectivity index (χ3n) is 2.42. The first kappa shape index (κ1) is 14.2. The molecule has 0 spiro atoms. The number of carbonyl (C=O) groups excluding carboxylic acids is 1. The van der Waals surface area contributed by atoms with E-state index in [2.05, 4.69) is 0 Å². The Bertz CT molecular complexity index is 362. The zero-order valence-corrected chi connectivity index (χ0v) is 10.9. The van der Waals surface area contributed by atoms with E-state index in [0.717, 1.165) is 4.90 Å². The summed E-state index contributed by atoms with van der Waals surface area (Å²) in [4.78, 5) is 13.0. The Labute approximate surface area is 106 Å². The number of benzene rings is 1. The average molecular weight is 254 g/mol. The van der Waals surface area contributed by atoms with Gasteiger partial charge >= 0.3 is 0 Å². The summed E-state index contributed by atoms with van der Waals surface area (Å²) in [5.74, 6) is -0.0621. The molecule has 0 heterocycles. The quantitative estimate of drug-likeness (QED) is 0.761. The highest BCUT2D eigenvalue weighted by Crippen LogP contribution is 2.33. The van der Waals surface area contributed by atoms with Crippen molar-refractivity contribution in [2.75, 3.05) is 6.61 Å². The fourth-order valence-electron chi connectivity index (χ4n) is 1.36. The largest absolute Gasteiger partial charge is 0.394 e. The smallest absolute Gasteiger partial charge is 0.151 e. The first-order valence-electron chi connectivity index (χ1n) is 5.52. The molecule has 3 nitrogen and oxygen atoms in total. The zero-order valence-electron chi connectivity index (χ0n) is 10.1. The first-order chi connectivity index (χ1) is 7.95. The van der Waals surface area contributed by atoms with Gasteiger partial charge in [0.25, 0.3) is 0 Å². The molecular formula is C13H18O3S. The van der Waals surface area contributed by atoms with E-state index in [1.54, 1.807) is 0 Å². The van der Waals surface area contributed by atoms with Crippen LogP contribution in [0.15, 0.2) is 35.2 Å². The summed E-state index contributed by atoms with van der Waals surface area (Å²) in [5.41, 5.74) is 0. The van der Waals surface area contributed by atoms with Crippen molar-refractivity contribution in [3.63, 3.8) is 0 Å². The standard InChI is InChI=1S/C13H18O3S/c1-13(2,12(16)8-10(15)9-14)17-11-6-4-3-5-7-11/h3-7,10,14-15H,8-9H2,1-2H3. The molecule has 17 heavy (non-hydrogen) atoms. The summed E-state index contributed by atoms with van der Waals surface area (Å²) in [6, 6.07) is 9.66. The van der Waals surface area contributed by atoms with Gasteiger partial charge in [0.05, 0.1) is 17.5 Å². The Hall–Kier alpha value is -0.840. The number of rotatable bonds is 6. The molecule has 0 aromatic heterocycles. The number of hydrogen-bond acceptors (Lipinski definition) is 4. The van der Waals surface area contributed by atoms with E-state index >= 15 is 0 Å². The Kier molecular flexibility index (Phi) is 5.18. The monoisotopic (exact) mass is 254 g/mol. The molecule has 1 rings (SSSR count). The van der Waals surface area contributed by atoms with Gasteiger partial charge in [-0.15, -0.1) is 11.8 Å². The lowest BCUT2D eigenvalue weighted by molar-refractivity contribution is -0.123. The molecule has 0 aliphatic rings. The van der Waals surface area contributed by atoms with Crippen LogP contribution >= 0.6 is 11.8 Å². The lowest BCUT2D eigenvalue weighted by Gasteiger charge is -2.23. The van der Waals surface area contributed by atoms with Gasteiger partial charge in [-0.2, -0.15) is 0 Å². The molecule has 0 saturated carbocycles. The van der Waals surface area contributed by atoms with Crippen LogP contribution < -0.4 is 0 Å². The Balaban J connectivity index is 2.65. The third-order valence-corrected chi connectivity index (χ3v) is 3.67. The minimum atomic E-state index is -0.960. The summed E-state index contributed by atoms with van der Waals surface area (Å²) in [5, 5.41) is 18.0. The van der Waals surface area contributed by atoms with E-state index in [1.165, 1.54) is 11.8 Å². The van der Waals surface area contributed by atoms with Gasteiger partial charge in [0.15, 0.2) is 5.78 Å². The average Bonchev–Trinajstić information content (AvgIpc) is 2.29. The SMILES string of the molecule is CC(C)(Sc1ccccc1)C(=O)CC(O)CO. The van der Waals surface area contributed by atoms with Gasteiger partial charge in [0.2, 0.25) is 0 Å². The molecule has 0 bridgehead atoms. The number of hydrogen-bond donors (Lipinski definition) is 2. The van der Waals surface area contributed by atoms with Crippen LogP contribution in [0.4, 0.5) is 0 Å². The fraction of sp³-hybridized carbons (Fsp3) is 0.462. The molecule has 94 valence electrons. The van der Waals surface area contributed by atoms with E-state index in [1.807, 2.05) is 44.2 Å². The van der Waals surface area contributed by atoms with E-state index in [4.69, 9.17) is 5.11 Å². The maximum absolute atomic E-state index is 11.9. The second-order valence-corrected chi connectivity index (χ2v) is 6.09. The first-order valence-corrected chi connectivity index (χ1v) is 6.33. The molecule has 0 aliphatic heterocycles. The van der Waals surface area contributed by atoms with Gasteiger partial charge in [-0.05, 0) is 26.0 Å². The van der Waals surface area contributed by atoms with Crippen LogP contribution in [-0.4, -0.2) is 33.5 Å². The Morgan fingerprint density at radius 1 is 1.35 bits per heavy atom. The van der Waals surface area contributed by atoms with Crippen LogP contribution in [0.2, 0.25) is 0 Å². The molecule has 0 fully saturated rings. The minimum absolute atomic E-state index is 0.0106. The predicted octanol–water partition coefficient (Wildman–Crippen LogP) is 1.87. The maximum atomic E-state index is 11.9. The van der Waals surface area contributed by atoms with Crippen molar-refractivity contribution in [2.24, 2.45) is 0 Å². The number of aliphatic hydroxyl groups excluding tert-OH is 2. The molecule has 1 unspecified atom stereocenters. The van der Waals surface area contributed by atoms with Crippen molar-refractivity contribution in [1.29, 1.82) is 0 Å². The van der Waals surface area contributed by atoms with Crippen LogP contribution in [0.1, 0.15) is 20.3 Å². The lowest BCUT2D eigenvalue weighted by Crippen LogP contribution is -2.32. The van der Waals surface area contributed by atoms with Gasteiger partial charge in [-0.3, -0.25) is 4.79 Å². The van der Waals surface area contributed by atoms with Crippen molar-refractivity contribution in [3.05, 3.63) is 30.3 Å². The highest BCUT2D eigenvalue weighted by molar-refractivity contribution is 8.01. The van der Waals surface area contributed by atoms with E-state index < -0.39 is 10.9 Å². The summed E-state index contributed by atoms with van der Waals surface area (Å²) in [6.45, 7) is 3.28. The van der Waals surface area contributed by atoms with Crippen LogP contribution in [0, 0.1) is 0 Å². The van der Waals surface area contributed by atoms with Crippen molar-refractivity contribution in [2.45, 2.75) is 36.0 Å². The highest BCUT2D eigenvalue weighted by Gasteiger charge is 2.29. The molecule has 1 atom stereocenters. The Morgan fingerprint density at radius 3 is 2.47 bits per heavy atom. The number of Topliss-reactive ketones (excluding diaryl/α,β-unsaturated/α-hetero) is 1.